The second-order valence-corrected chi connectivity index (χ2v) is 6.19. The lowest BCUT2D eigenvalue weighted by molar-refractivity contribution is 0.0565. The van der Waals surface area contributed by atoms with Crippen LogP contribution in [0, 0.1) is 5.92 Å². The molecule has 4 nitrogen and oxygen atoms in total. The number of hydrogen-bond donors (Lipinski definition) is 1. The Kier molecular flexibility index (Phi) is 5.05. The van der Waals surface area contributed by atoms with Crippen molar-refractivity contribution in [3.05, 3.63) is 28.2 Å². The number of likely N-dealkylation sites (tertiary alicyclic amines) is 1. The van der Waals surface area contributed by atoms with Crippen LogP contribution in [-0.2, 0) is 0 Å². The van der Waals surface area contributed by atoms with Crippen LogP contribution in [0.4, 0.5) is 0 Å². The quantitative estimate of drug-likeness (QED) is 0.920. The fourth-order valence-corrected chi connectivity index (χ4v) is 3.02. The first-order valence-electron chi connectivity index (χ1n) is 6.91. The van der Waals surface area contributed by atoms with Crippen molar-refractivity contribution in [3.63, 3.8) is 0 Å². The first-order chi connectivity index (χ1) is 9.56. The molecule has 2 unspecified atom stereocenters. The molecule has 1 heterocycles. The predicted molar refractivity (Wildman–Crippen MR) is 83.0 cm³/mol. The number of methoxy groups -OCH3 is 1. The molecule has 1 fully saturated rings. The second kappa shape index (κ2) is 6.59. The van der Waals surface area contributed by atoms with Gasteiger partial charge in [-0.05, 0) is 66.4 Å². The number of nitrogens with zero attached hydrogens (tertiary/aromatic N) is 1. The molecule has 5 heteroatoms. The zero-order chi connectivity index (χ0) is 14.7. The molecule has 2 rings (SSSR count). The van der Waals surface area contributed by atoms with Gasteiger partial charge in [-0.1, -0.05) is 0 Å². The molecule has 0 aromatic heterocycles. The van der Waals surface area contributed by atoms with E-state index in [1.165, 1.54) is 0 Å². The molecular weight excluding hydrogens is 320 g/mol. The highest BCUT2D eigenvalue weighted by Gasteiger charge is 2.29. The molecule has 1 aromatic rings. The number of carbonyl (C=O) groups is 1. The zero-order valence-corrected chi connectivity index (χ0v) is 13.5. The summed E-state index contributed by atoms with van der Waals surface area (Å²) in [6.07, 6.45) is 2.11. The highest BCUT2D eigenvalue weighted by Crippen LogP contribution is 2.28. The van der Waals surface area contributed by atoms with Gasteiger partial charge in [0.2, 0.25) is 0 Å². The molecule has 1 aromatic carbocycles. The number of halogens is 1. The predicted octanol–water partition coefficient (Wildman–Crippen LogP) is 2.66. The smallest absolute Gasteiger partial charge is 0.255 e. The van der Waals surface area contributed by atoms with Gasteiger partial charge in [0.15, 0.2) is 0 Å². The van der Waals surface area contributed by atoms with Crippen LogP contribution < -0.4 is 10.5 Å². The molecule has 2 atom stereocenters. The van der Waals surface area contributed by atoms with Crippen LogP contribution in [-0.4, -0.2) is 37.0 Å². The maximum Gasteiger partial charge on any atom is 0.255 e. The van der Waals surface area contributed by atoms with Gasteiger partial charge < -0.3 is 15.4 Å². The summed E-state index contributed by atoms with van der Waals surface area (Å²) in [5.41, 5.74) is 6.41. The molecule has 1 aliphatic heterocycles. The van der Waals surface area contributed by atoms with Crippen LogP contribution >= 0.6 is 15.9 Å². The number of hydrogen-bond acceptors (Lipinski definition) is 3. The van der Waals surface area contributed by atoms with E-state index in [-0.39, 0.29) is 11.9 Å². The van der Waals surface area contributed by atoms with Crippen LogP contribution in [0.25, 0.3) is 0 Å². The summed E-state index contributed by atoms with van der Waals surface area (Å²) in [6.45, 7) is 3.47. The van der Waals surface area contributed by atoms with Gasteiger partial charge in [-0.25, -0.2) is 0 Å². The van der Waals surface area contributed by atoms with Gasteiger partial charge in [-0.3, -0.25) is 4.79 Å². The van der Waals surface area contributed by atoms with E-state index in [1.807, 2.05) is 17.0 Å². The summed E-state index contributed by atoms with van der Waals surface area (Å²) >= 11 is 3.45. The standard InChI is InChI=1S/C15H21BrN2O2/c1-10-3-4-11(8-17)9-18(10)15(19)13-7-12(20-2)5-6-14(13)16/h5-7,10-11H,3-4,8-9,17H2,1-2H3. The Morgan fingerprint density at radius 2 is 2.25 bits per heavy atom. The lowest BCUT2D eigenvalue weighted by Gasteiger charge is -2.38. The Labute approximate surface area is 128 Å². The average Bonchev–Trinajstić information content (AvgIpc) is 2.47. The summed E-state index contributed by atoms with van der Waals surface area (Å²) in [4.78, 5) is 14.7. The van der Waals surface area contributed by atoms with Crippen molar-refractivity contribution in [2.24, 2.45) is 11.7 Å². The fourth-order valence-electron chi connectivity index (χ4n) is 2.61. The normalized spacial score (nSPS) is 22.7. The van der Waals surface area contributed by atoms with Gasteiger partial charge in [-0.2, -0.15) is 0 Å². The number of piperidine rings is 1. The molecule has 0 saturated carbocycles. The second-order valence-electron chi connectivity index (χ2n) is 5.33. The third-order valence-corrected chi connectivity index (χ3v) is 4.67. The van der Waals surface area contributed by atoms with Gasteiger partial charge >= 0.3 is 0 Å². The van der Waals surface area contributed by atoms with E-state index in [2.05, 4.69) is 22.9 Å². The zero-order valence-electron chi connectivity index (χ0n) is 11.9. The molecule has 1 amide bonds. The van der Waals surface area contributed by atoms with Crippen LogP contribution in [0.1, 0.15) is 30.1 Å². The molecule has 0 radical (unpaired) electrons. The number of ether oxygens (including phenoxy) is 1. The first kappa shape index (κ1) is 15.3. The van der Waals surface area contributed by atoms with Gasteiger partial charge in [0.1, 0.15) is 5.75 Å². The van der Waals surface area contributed by atoms with Crippen molar-refractivity contribution < 1.29 is 9.53 Å². The van der Waals surface area contributed by atoms with Crippen LogP contribution in [0.3, 0.4) is 0 Å². The fraction of sp³-hybridized carbons (Fsp3) is 0.533. The van der Waals surface area contributed by atoms with E-state index in [0.29, 0.717) is 23.8 Å². The lowest BCUT2D eigenvalue weighted by Crippen LogP contribution is -2.47. The highest BCUT2D eigenvalue weighted by atomic mass is 79.9. The maximum absolute atomic E-state index is 12.8. The minimum Gasteiger partial charge on any atom is -0.497 e. The topological polar surface area (TPSA) is 55.6 Å². The van der Waals surface area contributed by atoms with Crippen LogP contribution in [0.15, 0.2) is 22.7 Å². The Morgan fingerprint density at radius 3 is 2.90 bits per heavy atom. The lowest BCUT2D eigenvalue weighted by atomic mass is 9.93. The summed E-state index contributed by atoms with van der Waals surface area (Å²) in [6, 6.07) is 5.72. The molecule has 0 aliphatic carbocycles. The van der Waals surface area contributed by atoms with Crippen molar-refractivity contribution in [1.82, 2.24) is 4.90 Å². The Morgan fingerprint density at radius 1 is 1.50 bits per heavy atom. The van der Waals surface area contributed by atoms with Gasteiger partial charge in [-0.15, -0.1) is 0 Å². The van der Waals surface area contributed by atoms with Crippen molar-refractivity contribution in [1.29, 1.82) is 0 Å². The minimum absolute atomic E-state index is 0.0430. The Bertz CT molecular complexity index is 493. The molecule has 2 N–H and O–H groups in total. The third kappa shape index (κ3) is 3.15. The van der Waals surface area contributed by atoms with Gasteiger partial charge in [0.25, 0.3) is 5.91 Å². The highest BCUT2D eigenvalue weighted by molar-refractivity contribution is 9.10. The van der Waals surface area contributed by atoms with Crippen LogP contribution in [0.5, 0.6) is 5.75 Å². The number of benzene rings is 1. The minimum atomic E-state index is 0.0430. The average molecular weight is 341 g/mol. The van der Waals surface area contributed by atoms with Crippen molar-refractivity contribution in [3.8, 4) is 5.75 Å². The summed E-state index contributed by atoms with van der Waals surface area (Å²) < 4.78 is 6.00. The molecule has 110 valence electrons. The third-order valence-electron chi connectivity index (χ3n) is 3.98. The van der Waals surface area contributed by atoms with E-state index < -0.39 is 0 Å². The summed E-state index contributed by atoms with van der Waals surface area (Å²) in [7, 11) is 1.60. The number of amides is 1. The molecule has 0 spiro atoms. The van der Waals surface area contributed by atoms with E-state index in [1.54, 1.807) is 13.2 Å². The molecule has 1 saturated heterocycles. The number of nitrogens with two attached hydrogens (primary N) is 1. The van der Waals surface area contributed by atoms with Crippen molar-refractivity contribution >= 4 is 21.8 Å². The molecule has 20 heavy (non-hydrogen) atoms. The largest absolute Gasteiger partial charge is 0.497 e. The van der Waals surface area contributed by atoms with E-state index in [9.17, 15) is 4.79 Å². The summed E-state index contributed by atoms with van der Waals surface area (Å²) in [5.74, 6) is 1.14. The monoisotopic (exact) mass is 340 g/mol. The number of carbonyl (C=O) groups excluding carboxylic acids is 1. The summed E-state index contributed by atoms with van der Waals surface area (Å²) in [5, 5.41) is 0. The van der Waals surface area contributed by atoms with E-state index >= 15 is 0 Å². The van der Waals surface area contributed by atoms with E-state index in [0.717, 1.165) is 23.9 Å². The van der Waals surface area contributed by atoms with Crippen molar-refractivity contribution in [2.75, 3.05) is 20.2 Å². The van der Waals surface area contributed by atoms with Crippen molar-refractivity contribution in [2.45, 2.75) is 25.8 Å². The molecule has 1 aliphatic rings. The van der Waals surface area contributed by atoms with Gasteiger partial charge in [0.05, 0.1) is 12.7 Å². The Hall–Kier alpha value is -1.07. The van der Waals surface area contributed by atoms with E-state index in [4.69, 9.17) is 10.5 Å². The number of rotatable bonds is 3. The van der Waals surface area contributed by atoms with Crippen LogP contribution in [0.2, 0.25) is 0 Å². The Balaban J connectivity index is 2.25. The first-order valence-corrected chi connectivity index (χ1v) is 7.70. The molecule has 0 bridgehead atoms. The van der Waals surface area contributed by atoms with Gasteiger partial charge in [0, 0.05) is 17.1 Å². The maximum atomic E-state index is 12.8. The molecular formula is C15H21BrN2O2. The SMILES string of the molecule is COc1ccc(Br)c(C(=O)N2CC(CN)CCC2C)c1.